The van der Waals surface area contributed by atoms with Crippen molar-refractivity contribution in [1.82, 2.24) is 0 Å². The highest BCUT2D eigenvalue weighted by atomic mass is 79.9. The summed E-state index contributed by atoms with van der Waals surface area (Å²) in [5.41, 5.74) is 1.64. The first-order chi connectivity index (χ1) is 7.46. The highest BCUT2D eigenvalue weighted by Crippen LogP contribution is 2.37. The lowest BCUT2D eigenvalue weighted by atomic mass is 10.0. The quantitative estimate of drug-likeness (QED) is 0.749. The third-order valence-electron chi connectivity index (χ3n) is 2.49. The summed E-state index contributed by atoms with van der Waals surface area (Å²) in [6, 6.07) is 5.20. The number of hydrogen-bond donors (Lipinski definition) is 0. The van der Waals surface area contributed by atoms with Crippen LogP contribution in [0.3, 0.4) is 0 Å². The Kier molecular flexibility index (Phi) is 3.15. The molecule has 1 heterocycles. The average molecular weight is 295 g/mol. The molecule has 0 aromatic heterocycles. The minimum atomic E-state index is -4.15. The van der Waals surface area contributed by atoms with Gasteiger partial charge in [-0.25, -0.2) is 0 Å². The van der Waals surface area contributed by atoms with Gasteiger partial charge in [-0.15, -0.1) is 0 Å². The van der Waals surface area contributed by atoms with E-state index in [9.17, 15) is 13.2 Å². The summed E-state index contributed by atoms with van der Waals surface area (Å²) in [5, 5.41) is 0. The predicted octanol–water partition coefficient (Wildman–Crippen LogP) is 4.01. The molecule has 1 aromatic rings. The lowest BCUT2D eigenvalue weighted by Gasteiger charge is -2.13. The number of halogens is 4. The van der Waals surface area contributed by atoms with E-state index in [0.29, 0.717) is 12.2 Å². The van der Waals surface area contributed by atoms with Gasteiger partial charge in [0, 0.05) is 11.2 Å². The van der Waals surface area contributed by atoms with Gasteiger partial charge in [-0.3, -0.25) is 0 Å². The number of ether oxygens (including phenoxy) is 1. The molecule has 1 unspecified atom stereocenters. The van der Waals surface area contributed by atoms with Gasteiger partial charge < -0.3 is 4.74 Å². The van der Waals surface area contributed by atoms with Crippen molar-refractivity contribution in [3.63, 3.8) is 0 Å². The lowest BCUT2D eigenvalue weighted by Crippen LogP contribution is -2.10. The topological polar surface area (TPSA) is 9.23 Å². The third kappa shape index (κ3) is 2.70. The fourth-order valence-corrected chi connectivity index (χ4v) is 2.37. The molecule has 1 aliphatic heterocycles. The molecule has 0 radical (unpaired) electrons. The minimum Gasteiger partial charge on any atom is -0.493 e. The van der Waals surface area contributed by atoms with Crippen LogP contribution in [0.15, 0.2) is 18.2 Å². The molecule has 1 aromatic carbocycles. The number of alkyl halides is 4. The molecule has 88 valence electrons. The molecule has 5 heteroatoms. The second kappa shape index (κ2) is 4.28. The number of benzene rings is 1. The van der Waals surface area contributed by atoms with Crippen LogP contribution in [-0.2, 0) is 6.42 Å². The van der Waals surface area contributed by atoms with Crippen LogP contribution in [0.25, 0.3) is 0 Å². The SMILES string of the molecule is FC(F)(F)CC(Br)c1ccc2c(c1)CCO2. The van der Waals surface area contributed by atoms with Crippen molar-refractivity contribution >= 4 is 15.9 Å². The second-order valence-electron chi connectivity index (χ2n) is 3.75. The van der Waals surface area contributed by atoms with E-state index in [1.165, 1.54) is 0 Å². The van der Waals surface area contributed by atoms with E-state index in [-0.39, 0.29) is 0 Å². The highest BCUT2D eigenvalue weighted by molar-refractivity contribution is 9.09. The number of rotatable bonds is 2. The maximum atomic E-state index is 12.2. The molecule has 0 bridgehead atoms. The zero-order valence-electron chi connectivity index (χ0n) is 8.35. The first-order valence-electron chi connectivity index (χ1n) is 4.92. The first-order valence-corrected chi connectivity index (χ1v) is 5.84. The molecular weight excluding hydrogens is 285 g/mol. The van der Waals surface area contributed by atoms with Crippen molar-refractivity contribution in [3.05, 3.63) is 29.3 Å². The van der Waals surface area contributed by atoms with Crippen LogP contribution in [-0.4, -0.2) is 12.8 Å². The maximum Gasteiger partial charge on any atom is 0.390 e. The van der Waals surface area contributed by atoms with E-state index in [4.69, 9.17) is 4.74 Å². The average Bonchev–Trinajstić information content (AvgIpc) is 2.61. The van der Waals surface area contributed by atoms with Crippen LogP contribution in [0.2, 0.25) is 0 Å². The molecule has 16 heavy (non-hydrogen) atoms. The summed E-state index contributed by atoms with van der Waals surface area (Å²) < 4.78 is 41.9. The van der Waals surface area contributed by atoms with Gasteiger partial charge in [-0.1, -0.05) is 28.1 Å². The van der Waals surface area contributed by atoms with Crippen LogP contribution < -0.4 is 4.74 Å². The Balaban J connectivity index is 2.15. The van der Waals surface area contributed by atoms with Gasteiger partial charge in [-0.05, 0) is 17.2 Å². The summed E-state index contributed by atoms with van der Waals surface area (Å²) in [4.78, 5) is -0.682. The van der Waals surface area contributed by atoms with E-state index in [2.05, 4.69) is 15.9 Å². The molecule has 0 fully saturated rings. The van der Waals surface area contributed by atoms with Crippen LogP contribution >= 0.6 is 15.9 Å². The van der Waals surface area contributed by atoms with E-state index in [0.717, 1.165) is 17.7 Å². The smallest absolute Gasteiger partial charge is 0.390 e. The van der Waals surface area contributed by atoms with Crippen molar-refractivity contribution in [3.8, 4) is 5.75 Å². The number of fused-ring (bicyclic) bond motifs is 1. The Morgan fingerprint density at radius 2 is 2.12 bits per heavy atom. The normalized spacial score (nSPS) is 16.8. The Hall–Kier alpha value is -0.710. The summed E-state index contributed by atoms with van der Waals surface area (Å²) >= 11 is 3.07. The van der Waals surface area contributed by atoms with Crippen molar-refractivity contribution in [2.24, 2.45) is 0 Å². The van der Waals surface area contributed by atoms with Gasteiger partial charge in [0.25, 0.3) is 0 Å². The van der Waals surface area contributed by atoms with Crippen molar-refractivity contribution in [1.29, 1.82) is 0 Å². The zero-order valence-corrected chi connectivity index (χ0v) is 9.94. The summed E-state index contributed by atoms with van der Waals surface area (Å²) in [5.74, 6) is 0.787. The largest absolute Gasteiger partial charge is 0.493 e. The van der Waals surface area contributed by atoms with E-state index in [1.807, 2.05) is 0 Å². The number of hydrogen-bond acceptors (Lipinski definition) is 1. The predicted molar refractivity (Wildman–Crippen MR) is 58.0 cm³/mol. The van der Waals surface area contributed by atoms with Crippen molar-refractivity contribution < 1.29 is 17.9 Å². The molecule has 2 rings (SSSR count). The molecule has 1 atom stereocenters. The lowest BCUT2D eigenvalue weighted by molar-refractivity contribution is -0.134. The standard InChI is InChI=1S/C11H10BrF3O/c12-9(6-11(13,14)15)7-1-2-10-8(5-7)3-4-16-10/h1-2,5,9H,3-4,6H2. The first kappa shape index (κ1) is 11.8. The van der Waals surface area contributed by atoms with Crippen LogP contribution in [0.1, 0.15) is 22.4 Å². The van der Waals surface area contributed by atoms with Gasteiger partial charge in [0.05, 0.1) is 13.0 Å². The molecule has 0 aliphatic carbocycles. The monoisotopic (exact) mass is 294 g/mol. The van der Waals surface area contributed by atoms with Crippen molar-refractivity contribution in [2.45, 2.75) is 23.8 Å². The molecule has 0 saturated heterocycles. The Morgan fingerprint density at radius 1 is 1.38 bits per heavy atom. The van der Waals surface area contributed by atoms with Crippen molar-refractivity contribution in [2.75, 3.05) is 6.61 Å². The Bertz CT molecular complexity index is 389. The zero-order chi connectivity index (χ0) is 11.8. The second-order valence-corrected chi connectivity index (χ2v) is 4.86. The van der Waals surface area contributed by atoms with Crippen LogP contribution in [0, 0.1) is 0 Å². The molecule has 1 aliphatic rings. The molecule has 0 spiro atoms. The maximum absolute atomic E-state index is 12.2. The fraction of sp³-hybridized carbons (Fsp3) is 0.455. The fourth-order valence-electron chi connectivity index (χ4n) is 1.72. The van der Waals surface area contributed by atoms with Crippen LogP contribution in [0.5, 0.6) is 5.75 Å². The van der Waals surface area contributed by atoms with E-state index < -0.39 is 17.4 Å². The van der Waals surface area contributed by atoms with Gasteiger partial charge in [0.2, 0.25) is 0 Å². The Labute approximate surface area is 99.7 Å². The summed E-state index contributed by atoms with van der Waals surface area (Å²) in [6.07, 6.45) is -4.23. The highest BCUT2D eigenvalue weighted by Gasteiger charge is 2.31. The van der Waals surface area contributed by atoms with Gasteiger partial charge in [-0.2, -0.15) is 13.2 Å². The summed E-state index contributed by atoms with van der Waals surface area (Å²) in [7, 11) is 0. The molecule has 1 nitrogen and oxygen atoms in total. The van der Waals surface area contributed by atoms with Gasteiger partial charge in [0.1, 0.15) is 5.75 Å². The molecule has 0 saturated carbocycles. The van der Waals surface area contributed by atoms with Gasteiger partial charge >= 0.3 is 6.18 Å². The minimum absolute atomic E-state index is 0.616. The summed E-state index contributed by atoms with van der Waals surface area (Å²) in [6.45, 7) is 0.616. The van der Waals surface area contributed by atoms with E-state index >= 15 is 0 Å². The van der Waals surface area contributed by atoms with Crippen LogP contribution in [0.4, 0.5) is 13.2 Å². The third-order valence-corrected chi connectivity index (χ3v) is 3.34. The molecular formula is C11H10BrF3O. The van der Waals surface area contributed by atoms with Gasteiger partial charge in [0.15, 0.2) is 0 Å². The molecule has 0 N–H and O–H groups in total. The molecule has 0 amide bonds. The van der Waals surface area contributed by atoms with E-state index in [1.54, 1.807) is 18.2 Å². The Morgan fingerprint density at radius 3 is 2.81 bits per heavy atom.